The van der Waals surface area contributed by atoms with Crippen LogP contribution in [0.1, 0.15) is 10.4 Å². The summed E-state index contributed by atoms with van der Waals surface area (Å²) in [5.74, 6) is 0.639. The minimum atomic E-state index is -0.429. The van der Waals surface area contributed by atoms with Crippen LogP contribution in [0.2, 0.25) is 0 Å². The van der Waals surface area contributed by atoms with Crippen LogP contribution in [0.4, 0.5) is 4.79 Å². The molecular weight excluding hydrogens is 328 g/mol. The van der Waals surface area contributed by atoms with E-state index in [1.807, 2.05) is 41.8 Å². The highest BCUT2D eigenvalue weighted by Crippen LogP contribution is 2.17. The Kier molecular flexibility index (Phi) is 5.32. The Balaban J connectivity index is 1.42. The number of ether oxygens (including phenoxy) is 2. The van der Waals surface area contributed by atoms with E-state index < -0.39 is 6.09 Å². The van der Waals surface area contributed by atoms with E-state index in [0.29, 0.717) is 26.3 Å². The molecule has 0 unspecified atom stereocenters. The van der Waals surface area contributed by atoms with E-state index in [4.69, 9.17) is 9.47 Å². The summed E-state index contributed by atoms with van der Waals surface area (Å²) in [6.07, 6.45) is -0.429. The van der Waals surface area contributed by atoms with E-state index in [1.54, 1.807) is 11.3 Å². The van der Waals surface area contributed by atoms with Gasteiger partial charge in [0, 0.05) is 10.4 Å². The molecule has 1 aromatic carbocycles. The molecule has 1 N–H and O–H groups in total. The Morgan fingerprint density at radius 2 is 2.17 bits per heavy atom. The van der Waals surface area contributed by atoms with E-state index in [2.05, 4.69) is 5.32 Å². The second kappa shape index (κ2) is 7.83. The predicted octanol–water partition coefficient (Wildman–Crippen LogP) is 2.40. The fourth-order valence-electron chi connectivity index (χ4n) is 2.26. The SMILES string of the molecule is O=C(CN1CCOC1=O)NCc1cc(COc2ccccc2)cs1. The van der Waals surface area contributed by atoms with Crippen molar-refractivity contribution in [2.24, 2.45) is 0 Å². The van der Waals surface area contributed by atoms with Crippen molar-refractivity contribution in [1.82, 2.24) is 10.2 Å². The number of amides is 2. The van der Waals surface area contributed by atoms with Crippen molar-refractivity contribution in [2.75, 3.05) is 19.7 Å². The predicted molar refractivity (Wildman–Crippen MR) is 89.9 cm³/mol. The summed E-state index contributed by atoms with van der Waals surface area (Å²) >= 11 is 1.57. The van der Waals surface area contributed by atoms with Gasteiger partial charge in [0.05, 0.1) is 13.1 Å². The van der Waals surface area contributed by atoms with Crippen molar-refractivity contribution in [1.29, 1.82) is 0 Å². The maximum absolute atomic E-state index is 11.9. The zero-order valence-corrected chi connectivity index (χ0v) is 13.9. The van der Waals surface area contributed by atoms with Crippen molar-refractivity contribution < 1.29 is 19.1 Å². The van der Waals surface area contributed by atoms with Gasteiger partial charge < -0.3 is 14.8 Å². The molecule has 0 saturated carbocycles. The molecule has 0 aliphatic carbocycles. The van der Waals surface area contributed by atoms with Crippen molar-refractivity contribution in [3.05, 3.63) is 52.2 Å². The van der Waals surface area contributed by atoms with Crippen LogP contribution in [0.25, 0.3) is 0 Å². The summed E-state index contributed by atoms with van der Waals surface area (Å²) in [5.41, 5.74) is 1.07. The molecule has 7 heteroatoms. The first-order valence-corrected chi connectivity index (χ1v) is 8.51. The average molecular weight is 346 g/mol. The van der Waals surface area contributed by atoms with Crippen LogP contribution < -0.4 is 10.1 Å². The van der Waals surface area contributed by atoms with E-state index in [1.165, 1.54) is 4.90 Å². The number of carbonyl (C=O) groups excluding carboxylic acids is 2. The smallest absolute Gasteiger partial charge is 0.410 e. The van der Waals surface area contributed by atoms with Gasteiger partial charge in [0.25, 0.3) is 0 Å². The first-order valence-electron chi connectivity index (χ1n) is 7.63. The summed E-state index contributed by atoms with van der Waals surface area (Å²) in [7, 11) is 0. The molecule has 3 rings (SSSR count). The first-order chi connectivity index (χ1) is 11.7. The third-order valence-corrected chi connectivity index (χ3v) is 4.48. The lowest BCUT2D eigenvalue weighted by Gasteiger charge is -2.11. The van der Waals surface area contributed by atoms with Gasteiger partial charge in [-0.2, -0.15) is 0 Å². The van der Waals surface area contributed by atoms with Crippen molar-refractivity contribution in [3.63, 3.8) is 0 Å². The average Bonchev–Trinajstić information content (AvgIpc) is 3.21. The summed E-state index contributed by atoms with van der Waals surface area (Å²) in [5, 5.41) is 4.83. The first kappa shape index (κ1) is 16.3. The second-order valence-corrected chi connectivity index (χ2v) is 6.33. The molecule has 6 nitrogen and oxygen atoms in total. The van der Waals surface area contributed by atoms with Crippen molar-refractivity contribution >= 4 is 23.3 Å². The topological polar surface area (TPSA) is 67.9 Å². The van der Waals surface area contributed by atoms with Gasteiger partial charge >= 0.3 is 6.09 Å². The normalized spacial score (nSPS) is 13.7. The van der Waals surface area contributed by atoms with Gasteiger partial charge in [0.2, 0.25) is 5.91 Å². The van der Waals surface area contributed by atoms with E-state index in [9.17, 15) is 9.59 Å². The molecule has 0 bridgehead atoms. The van der Waals surface area contributed by atoms with Gasteiger partial charge in [-0.15, -0.1) is 11.3 Å². The maximum Gasteiger partial charge on any atom is 0.410 e. The molecule has 1 aliphatic rings. The molecule has 1 fully saturated rings. The highest BCUT2D eigenvalue weighted by atomic mass is 32.1. The van der Waals surface area contributed by atoms with Crippen LogP contribution in [0.15, 0.2) is 41.8 Å². The van der Waals surface area contributed by atoms with Crippen LogP contribution >= 0.6 is 11.3 Å². The fraction of sp³-hybridized carbons (Fsp3) is 0.294. The Labute approximate surface area is 144 Å². The highest BCUT2D eigenvalue weighted by molar-refractivity contribution is 7.10. The molecule has 2 amide bonds. The van der Waals surface area contributed by atoms with Crippen LogP contribution in [0.3, 0.4) is 0 Å². The molecule has 1 saturated heterocycles. The van der Waals surface area contributed by atoms with Crippen molar-refractivity contribution in [2.45, 2.75) is 13.2 Å². The number of rotatable bonds is 7. The standard InChI is InChI=1S/C17H18N2O4S/c20-16(10-19-6-7-22-17(19)21)18-9-15-8-13(12-24-15)11-23-14-4-2-1-3-5-14/h1-5,8,12H,6-7,9-11H2,(H,18,20). The lowest BCUT2D eigenvalue weighted by molar-refractivity contribution is -0.121. The largest absolute Gasteiger partial charge is 0.489 e. The molecule has 126 valence electrons. The Hall–Kier alpha value is -2.54. The van der Waals surface area contributed by atoms with Crippen LogP contribution in [0.5, 0.6) is 5.75 Å². The van der Waals surface area contributed by atoms with Gasteiger partial charge in [0.1, 0.15) is 25.5 Å². The number of hydrogen-bond acceptors (Lipinski definition) is 5. The number of nitrogens with zero attached hydrogens (tertiary/aromatic N) is 1. The van der Waals surface area contributed by atoms with Gasteiger partial charge in [-0.25, -0.2) is 4.79 Å². The highest BCUT2D eigenvalue weighted by Gasteiger charge is 2.23. The van der Waals surface area contributed by atoms with Crippen LogP contribution in [0, 0.1) is 0 Å². The van der Waals surface area contributed by atoms with Crippen LogP contribution in [-0.2, 0) is 22.7 Å². The second-order valence-electron chi connectivity index (χ2n) is 5.34. The number of nitrogens with one attached hydrogen (secondary N) is 1. The monoisotopic (exact) mass is 346 g/mol. The third kappa shape index (κ3) is 4.48. The van der Waals surface area contributed by atoms with Crippen LogP contribution in [-0.4, -0.2) is 36.6 Å². The molecule has 1 aromatic heterocycles. The minimum absolute atomic E-state index is 0.0359. The zero-order valence-electron chi connectivity index (χ0n) is 13.1. The van der Waals surface area contributed by atoms with E-state index >= 15 is 0 Å². The number of para-hydroxylation sites is 1. The fourth-order valence-corrected chi connectivity index (χ4v) is 3.08. The molecular formula is C17H18N2O4S. The van der Waals surface area contributed by atoms with Gasteiger partial charge in [-0.05, 0) is 23.6 Å². The minimum Gasteiger partial charge on any atom is -0.489 e. The van der Waals surface area contributed by atoms with Gasteiger partial charge in [0.15, 0.2) is 0 Å². The molecule has 0 radical (unpaired) electrons. The summed E-state index contributed by atoms with van der Waals surface area (Å²) in [6.45, 7) is 1.79. The Morgan fingerprint density at radius 3 is 2.92 bits per heavy atom. The lowest BCUT2D eigenvalue weighted by Crippen LogP contribution is -2.37. The summed E-state index contributed by atoms with van der Waals surface area (Å²) < 4.78 is 10.5. The van der Waals surface area contributed by atoms with Gasteiger partial charge in [-0.1, -0.05) is 18.2 Å². The summed E-state index contributed by atoms with van der Waals surface area (Å²) in [4.78, 5) is 25.6. The quantitative estimate of drug-likeness (QED) is 0.836. The van der Waals surface area contributed by atoms with E-state index in [0.717, 1.165) is 16.2 Å². The molecule has 1 aliphatic heterocycles. The van der Waals surface area contributed by atoms with Crippen molar-refractivity contribution in [3.8, 4) is 5.75 Å². The van der Waals surface area contributed by atoms with Gasteiger partial charge in [-0.3, -0.25) is 9.69 Å². The molecule has 2 aromatic rings. The molecule has 2 heterocycles. The maximum atomic E-state index is 11.9. The number of carbonyl (C=O) groups is 2. The summed E-state index contributed by atoms with van der Waals surface area (Å²) in [6, 6.07) is 11.6. The Bertz CT molecular complexity index is 702. The Morgan fingerprint density at radius 1 is 1.33 bits per heavy atom. The number of thiophene rings is 1. The number of hydrogen-bond donors (Lipinski definition) is 1. The molecule has 0 spiro atoms. The molecule has 0 atom stereocenters. The number of benzene rings is 1. The lowest BCUT2D eigenvalue weighted by atomic mass is 10.3. The third-order valence-electron chi connectivity index (χ3n) is 3.50. The zero-order chi connectivity index (χ0) is 16.8. The number of cyclic esters (lactones) is 1. The molecule has 24 heavy (non-hydrogen) atoms. The van der Waals surface area contributed by atoms with E-state index in [-0.39, 0.29) is 12.5 Å².